The standard InChI is InChI=1S/C24H28N4O5/c1-14(26-23-24(33-23)31-19-8-9-30-13-19)15-4-3-5-17(10-15)27-21-22(32-21)28-18-7-6-16(12-25)20(11-18)29-2/h3-7,10-11,14,19,21-24,26-28H,8-9,13H2,1-2H3/t14-,19+,21?,22?,23?,24?/m0/s1. The number of nitriles is 1. The molecule has 3 N–H and O–H groups in total. The SMILES string of the molecule is COc1cc(NC2OC2Nc2cccc([C@H](C)NC3OC3O[C@@H]3CCOC3)c2)ccc1C#N. The molecule has 0 amide bonds. The summed E-state index contributed by atoms with van der Waals surface area (Å²) in [5.41, 5.74) is 3.44. The minimum atomic E-state index is -0.201. The van der Waals surface area contributed by atoms with Crippen LogP contribution in [0, 0.1) is 11.3 Å². The molecule has 9 nitrogen and oxygen atoms in total. The normalized spacial score (nSPS) is 28.6. The molecular weight excluding hydrogens is 424 g/mol. The summed E-state index contributed by atoms with van der Waals surface area (Å²) < 4.78 is 27.8. The van der Waals surface area contributed by atoms with Gasteiger partial charge in [-0.3, -0.25) is 5.32 Å². The third-order valence-electron chi connectivity index (χ3n) is 5.90. The van der Waals surface area contributed by atoms with E-state index in [-0.39, 0.29) is 37.1 Å². The zero-order chi connectivity index (χ0) is 22.8. The van der Waals surface area contributed by atoms with Gasteiger partial charge in [0.2, 0.25) is 0 Å². The zero-order valence-corrected chi connectivity index (χ0v) is 18.6. The third-order valence-corrected chi connectivity index (χ3v) is 5.90. The van der Waals surface area contributed by atoms with Crippen LogP contribution < -0.4 is 20.7 Å². The number of hydrogen-bond donors (Lipinski definition) is 3. The van der Waals surface area contributed by atoms with Crippen molar-refractivity contribution in [3.8, 4) is 11.8 Å². The lowest BCUT2D eigenvalue weighted by molar-refractivity contribution is -0.0147. The van der Waals surface area contributed by atoms with Gasteiger partial charge in [-0.25, -0.2) is 0 Å². The smallest absolute Gasteiger partial charge is 0.199 e. The first-order valence-corrected chi connectivity index (χ1v) is 11.1. The van der Waals surface area contributed by atoms with E-state index in [1.807, 2.05) is 18.2 Å². The number of nitrogens with one attached hydrogen (secondary N) is 3. The fourth-order valence-corrected chi connectivity index (χ4v) is 3.90. The molecule has 0 aromatic heterocycles. The Labute approximate surface area is 192 Å². The Morgan fingerprint density at radius 3 is 2.61 bits per heavy atom. The molecular formula is C24H28N4O5. The topological polar surface area (TPSA) is 113 Å². The van der Waals surface area contributed by atoms with Crippen LogP contribution in [0.4, 0.5) is 11.4 Å². The minimum absolute atomic E-state index is 0.0954. The number of epoxide rings is 2. The lowest BCUT2D eigenvalue weighted by Gasteiger charge is -2.14. The van der Waals surface area contributed by atoms with Gasteiger partial charge in [-0.2, -0.15) is 5.26 Å². The predicted octanol–water partition coefficient (Wildman–Crippen LogP) is 2.91. The molecule has 6 atom stereocenters. The summed E-state index contributed by atoms with van der Waals surface area (Å²) in [6.45, 7) is 3.51. The first-order valence-electron chi connectivity index (χ1n) is 11.1. The molecule has 3 aliphatic rings. The van der Waals surface area contributed by atoms with E-state index >= 15 is 0 Å². The highest BCUT2D eigenvalue weighted by atomic mass is 16.8. The summed E-state index contributed by atoms with van der Waals surface area (Å²) in [5.74, 6) is 0.533. The molecule has 33 heavy (non-hydrogen) atoms. The van der Waals surface area contributed by atoms with Gasteiger partial charge in [0.1, 0.15) is 11.8 Å². The molecule has 5 rings (SSSR count). The van der Waals surface area contributed by atoms with Crippen LogP contribution in [-0.4, -0.2) is 51.4 Å². The van der Waals surface area contributed by atoms with Gasteiger partial charge >= 0.3 is 0 Å². The van der Waals surface area contributed by atoms with Gasteiger partial charge in [0.25, 0.3) is 0 Å². The van der Waals surface area contributed by atoms with Crippen molar-refractivity contribution in [1.82, 2.24) is 5.32 Å². The van der Waals surface area contributed by atoms with Crippen LogP contribution >= 0.6 is 0 Å². The summed E-state index contributed by atoms with van der Waals surface area (Å²) in [5, 5.41) is 19.3. The van der Waals surface area contributed by atoms with Crippen LogP contribution in [0.25, 0.3) is 0 Å². The fourth-order valence-electron chi connectivity index (χ4n) is 3.90. The number of anilines is 2. The Kier molecular flexibility index (Phi) is 6.35. The summed E-state index contributed by atoms with van der Waals surface area (Å²) >= 11 is 0. The Balaban J connectivity index is 1.10. The highest BCUT2D eigenvalue weighted by Gasteiger charge is 2.43. The Morgan fingerprint density at radius 2 is 1.88 bits per heavy atom. The Bertz CT molecular complexity index is 1020. The van der Waals surface area contributed by atoms with Gasteiger partial charge in [0.05, 0.1) is 25.4 Å². The summed E-state index contributed by atoms with van der Waals surface area (Å²) in [7, 11) is 1.55. The number of methoxy groups -OCH3 is 1. The van der Waals surface area contributed by atoms with Crippen molar-refractivity contribution in [3.63, 3.8) is 0 Å². The van der Waals surface area contributed by atoms with Crippen LogP contribution in [-0.2, 0) is 18.9 Å². The summed E-state index contributed by atoms with van der Waals surface area (Å²) in [4.78, 5) is 0. The van der Waals surface area contributed by atoms with E-state index in [2.05, 4.69) is 41.1 Å². The molecule has 3 heterocycles. The molecule has 3 saturated heterocycles. The molecule has 174 valence electrons. The number of rotatable bonds is 10. The van der Waals surface area contributed by atoms with Gasteiger partial charge < -0.3 is 34.3 Å². The lowest BCUT2D eigenvalue weighted by atomic mass is 10.1. The molecule has 0 spiro atoms. The van der Waals surface area contributed by atoms with E-state index in [9.17, 15) is 0 Å². The minimum Gasteiger partial charge on any atom is -0.495 e. The zero-order valence-electron chi connectivity index (χ0n) is 18.6. The van der Waals surface area contributed by atoms with Crippen LogP contribution in [0.3, 0.4) is 0 Å². The van der Waals surface area contributed by atoms with Crippen molar-refractivity contribution in [1.29, 1.82) is 5.26 Å². The highest BCUT2D eigenvalue weighted by molar-refractivity contribution is 5.56. The van der Waals surface area contributed by atoms with E-state index in [1.165, 1.54) is 0 Å². The van der Waals surface area contributed by atoms with Crippen molar-refractivity contribution in [2.45, 2.75) is 50.5 Å². The van der Waals surface area contributed by atoms with Gasteiger partial charge in [-0.1, -0.05) is 12.1 Å². The van der Waals surface area contributed by atoms with E-state index in [1.54, 1.807) is 19.2 Å². The molecule has 2 aromatic rings. The average molecular weight is 453 g/mol. The van der Waals surface area contributed by atoms with Crippen molar-refractivity contribution in [2.75, 3.05) is 31.0 Å². The first kappa shape index (κ1) is 21.9. The molecule has 0 aliphatic carbocycles. The van der Waals surface area contributed by atoms with Crippen molar-refractivity contribution in [3.05, 3.63) is 53.6 Å². The van der Waals surface area contributed by atoms with E-state index in [0.717, 1.165) is 30.0 Å². The molecule has 3 aliphatic heterocycles. The third kappa shape index (κ3) is 5.38. The monoisotopic (exact) mass is 452 g/mol. The summed E-state index contributed by atoms with van der Waals surface area (Å²) in [6.07, 6.45) is 0.445. The van der Waals surface area contributed by atoms with Crippen LogP contribution in [0.2, 0.25) is 0 Å². The average Bonchev–Trinajstić information content (AvgIpc) is 3.68. The van der Waals surface area contributed by atoms with Gasteiger partial charge in [-0.15, -0.1) is 0 Å². The number of benzene rings is 2. The first-order chi connectivity index (χ1) is 16.1. The number of nitrogens with zero attached hydrogens (tertiary/aromatic N) is 1. The van der Waals surface area contributed by atoms with Crippen LogP contribution in [0.15, 0.2) is 42.5 Å². The van der Waals surface area contributed by atoms with Crippen LogP contribution in [0.5, 0.6) is 5.75 Å². The molecule has 9 heteroatoms. The fraction of sp³-hybridized carbons (Fsp3) is 0.458. The van der Waals surface area contributed by atoms with Crippen molar-refractivity contribution >= 4 is 11.4 Å². The summed E-state index contributed by atoms with van der Waals surface area (Å²) in [6, 6.07) is 15.8. The predicted molar refractivity (Wildman–Crippen MR) is 121 cm³/mol. The van der Waals surface area contributed by atoms with E-state index in [0.29, 0.717) is 17.9 Å². The molecule has 0 radical (unpaired) electrons. The Hall–Kier alpha value is -2.87. The quantitative estimate of drug-likeness (QED) is 0.468. The van der Waals surface area contributed by atoms with Gasteiger partial charge in [-0.05, 0) is 43.2 Å². The second-order valence-corrected chi connectivity index (χ2v) is 8.35. The Morgan fingerprint density at radius 1 is 1.06 bits per heavy atom. The van der Waals surface area contributed by atoms with Crippen LogP contribution in [0.1, 0.15) is 30.5 Å². The number of hydrogen-bond acceptors (Lipinski definition) is 9. The maximum atomic E-state index is 9.12. The second-order valence-electron chi connectivity index (χ2n) is 8.35. The molecule has 2 aromatic carbocycles. The molecule has 0 bridgehead atoms. The van der Waals surface area contributed by atoms with Gasteiger partial charge in [0.15, 0.2) is 25.0 Å². The molecule has 4 unspecified atom stereocenters. The van der Waals surface area contributed by atoms with Crippen molar-refractivity contribution in [2.24, 2.45) is 0 Å². The maximum absolute atomic E-state index is 9.12. The van der Waals surface area contributed by atoms with E-state index in [4.69, 9.17) is 28.9 Å². The molecule has 0 saturated carbocycles. The van der Waals surface area contributed by atoms with E-state index < -0.39 is 0 Å². The largest absolute Gasteiger partial charge is 0.495 e. The number of ether oxygens (including phenoxy) is 5. The highest BCUT2D eigenvalue weighted by Crippen LogP contribution is 2.31. The molecule has 3 fully saturated rings. The van der Waals surface area contributed by atoms with Crippen molar-refractivity contribution < 1.29 is 23.7 Å². The maximum Gasteiger partial charge on any atom is 0.199 e. The van der Waals surface area contributed by atoms with Gasteiger partial charge in [0, 0.05) is 30.1 Å². The second kappa shape index (κ2) is 9.55. The lowest BCUT2D eigenvalue weighted by Crippen LogP contribution is -2.26.